The number of ether oxygens (including phenoxy) is 1. The molecule has 1 unspecified atom stereocenters. The van der Waals surface area contributed by atoms with E-state index in [1.165, 1.54) is 0 Å². The van der Waals surface area contributed by atoms with Crippen LogP contribution in [0.15, 0.2) is 42.7 Å². The number of carbonyl (C=O) groups excluding carboxylic acids is 1. The molecule has 1 N–H and O–H groups in total. The zero-order chi connectivity index (χ0) is 19.9. The van der Waals surface area contributed by atoms with Gasteiger partial charge in [0.2, 0.25) is 5.91 Å². The van der Waals surface area contributed by atoms with Gasteiger partial charge in [0.1, 0.15) is 0 Å². The van der Waals surface area contributed by atoms with E-state index in [0.717, 1.165) is 11.3 Å². The Kier molecular flexibility index (Phi) is 6.78. The number of carboxylic acid groups (broad SMARTS) is 1. The summed E-state index contributed by atoms with van der Waals surface area (Å²) in [4.78, 5) is 26.9. The van der Waals surface area contributed by atoms with E-state index in [1.54, 1.807) is 18.1 Å². The third-order valence-electron chi connectivity index (χ3n) is 4.70. The van der Waals surface area contributed by atoms with Crippen LogP contribution in [0, 0.1) is 0 Å². The molecule has 28 heavy (non-hydrogen) atoms. The van der Waals surface area contributed by atoms with E-state index in [4.69, 9.17) is 9.84 Å². The van der Waals surface area contributed by atoms with Gasteiger partial charge in [-0.15, -0.1) is 0 Å². The normalized spacial score (nSPS) is 17.1. The van der Waals surface area contributed by atoms with Crippen LogP contribution >= 0.6 is 0 Å². The van der Waals surface area contributed by atoms with E-state index in [9.17, 15) is 9.59 Å². The van der Waals surface area contributed by atoms with E-state index in [-0.39, 0.29) is 18.6 Å². The van der Waals surface area contributed by atoms with Gasteiger partial charge in [-0.3, -0.25) is 14.5 Å². The second-order valence-electron chi connectivity index (χ2n) is 7.05. The van der Waals surface area contributed by atoms with Crippen molar-refractivity contribution in [1.29, 1.82) is 0 Å². The molecule has 1 fully saturated rings. The van der Waals surface area contributed by atoms with Gasteiger partial charge in [-0.2, -0.15) is 5.10 Å². The molecule has 1 aromatic carbocycles. The maximum atomic E-state index is 12.6. The molecular weight excluding hydrogens is 360 g/mol. The zero-order valence-electron chi connectivity index (χ0n) is 16.0. The van der Waals surface area contributed by atoms with E-state index < -0.39 is 5.97 Å². The van der Waals surface area contributed by atoms with Crippen molar-refractivity contribution < 1.29 is 19.4 Å². The summed E-state index contributed by atoms with van der Waals surface area (Å²) in [5, 5.41) is 13.2. The second-order valence-corrected chi connectivity index (χ2v) is 7.05. The molecule has 1 amide bonds. The van der Waals surface area contributed by atoms with Gasteiger partial charge in [-0.25, -0.2) is 4.68 Å². The second kappa shape index (κ2) is 9.48. The molecule has 2 heterocycles. The fourth-order valence-corrected chi connectivity index (χ4v) is 3.32. The molecule has 1 aromatic heterocycles. The Labute approximate surface area is 164 Å². The monoisotopic (exact) mass is 386 g/mol. The van der Waals surface area contributed by atoms with Gasteiger partial charge in [0, 0.05) is 32.3 Å². The molecule has 0 radical (unpaired) electrons. The minimum atomic E-state index is -0.873. The highest BCUT2D eigenvalue weighted by Gasteiger charge is 2.25. The quantitative estimate of drug-likeness (QED) is 0.730. The molecule has 0 saturated carbocycles. The SMILES string of the molecule is CN(CC(=O)O)CC1CN(C(=O)CCc2cnn(-c3ccccc3)c2)CCO1. The number of hydrogen-bond acceptors (Lipinski definition) is 5. The highest BCUT2D eigenvalue weighted by molar-refractivity contribution is 5.76. The van der Waals surface area contributed by atoms with Crippen molar-refractivity contribution in [3.63, 3.8) is 0 Å². The first-order valence-corrected chi connectivity index (χ1v) is 9.40. The maximum absolute atomic E-state index is 12.6. The average Bonchev–Trinajstić information content (AvgIpc) is 3.15. The maximum Gasteiger partial charge on any atom is 0.317 e. The molecular formula is C20H26N4O4. The van der Waals surface area contributed by atoms with Gasteiger partial charge in [0.15, 0.2) is 0 Å². The summed E-state index contributed by atoms with van der Waals surface area (Å²) in [6.45, 7) is 1.98. The third-order valence-corrected chi connectivity index (χ3v) is 4.70. The number of aromatic nitrogens is 2. The van der Waals surface area contributed by atoms with Crippen molar-refractivity contribution in [3.8, 4) is 5.69 Å². The largest absolute Gasteiger partial charge is 0.480 e. The Morgan fingerprint density at radius 1 is 1.32 bits per heavy atom. The predicted octanol–water partition coefficient (Wildman–Crippen LogP) is 1.05. The molecule has 2 aromatic rings. The number of likely N-dealkylation sites (N-methyl/N-ethyl adjacent to an activating group) is 1. The van der Waals surface area contributed by atoms with Gasteiger partial charge in [0.25, 0.3) is 0 Å². The molecule has 1 aliphatic heterocycles. The Hall–Kier alpha value is -2.71. The molecule has 8 nitrogen and oxygen atoms in total. The molecule has 1 atom stereocenters. The molecule has 0 spiro atoms. The van der Waals surface area contributed by atoms with Crippen LogP contribution < -0.4 is 0 Å². The van der Waals surface area contributed by atoms with Crippen molar-refractivity contribution in [1.82, 2.24) is 19.6 Å². The van der Waals surface area contributed by atoms with Crippen LogP contribution in [-0.4, -0.2) is 82.5 Å². The lowest BCUT2D eigenvalue weighted by Crippen LogP contribution is -2.49. The van der Waals surface area contributed by atoms with E-state index in [1.807, 2.05) is 46.1 Å². The minimum absolute atomic E-state index is 0.0425. The van der Waals surface area contributed by atoms with Gasteiger partial charge in [0.05, 0.1) is 31.1 Å². The van der Waals surface area contributed by atoms with E-state index >= 15 is 0 Å². The summed E-state index contributed by atoms with van der Waals surface area (Å²) < 4.78 is 7.49. The third kappa shape index (κ3) is 5.64. The molecule has 0 bridgehead atoms. The van der Waals surface area contributed by atoms with Crippen molar-refractivity contribution in [3.05, 3.63) is 48.3 Å². The lowest BCUT2D eigenvalue weighted by Gasteiger charge is -2.34. The van der Waals surface area contributed by atoms with Gasteiger partial charge < -0.3 is 14.7 Å². The number of para-hydroxylation sites is 1. The number of amides is 1. The molecule has 1 saturated heterocycles. The van der Waals surface area contributed by atoms with Crippen LogP contribution in [0.4, 0.5) is 0 Å². The summed E-state index contributed by atoms with van der Waals surface area (Å²) in [6.07, 6.45) is 4.63. The lowest BCUT2D eigenvalue weighted by atomic mass is 10.1. The first-order chi connectivity index (χ1) is 13.5. The van der Waals surface area contributed by atoms with Crippen molar-refractivity contribution in [2.24, 2.45) is 0 Å². The average molecular weight is 386 g/mol. The van der Waals surface area contributed by atoms with Crippen LogP contribution in [0.1, 0.15) is 12.0 Å². The van der Waals surface area contributed by atoms with Crippen LogP contribution in [0.3, 0.4) is 0 Å². The fraction of sp³-hybridized carbons (Fsp3) is 0.450. The topological polar surface area (TPSA) is 87.9 Å². The Bertz CT molecular complexity index is 793. The summed E-state index contributed by atoms with van der Waals surface area (Å²) in [6, 6.07) is 9.85. The number of benzene rings is 1. The number of aryl methyl sites for hydroxylation is 1. The van der Waals surface area contributed by atoms with Crippen LogP contribution in [-0.2, 0) is 20.7 Å². The molecule has 150 valence electrons. The van der Waals surface area contributed by atoms with E-state index in [2.05, 4.69) is 5.10 Å². The van der Waals surface area contributed by atoms with E-state index in [0.29, 0.717) is 39.1 Å². The number of hydrogen-bond donors (Lipinski definition) is 1. The molecule has 8 heteroatoms. The first kappa shape index (κ1) is 20.0. The van der Waals surface area contributed by atoms with Crippen molar-refractivity contribution in [2.45, 2.75) is 18.9 Å². The van der Waals surface area contributed by atoms with Crippen molar-refractivity contribution in [2.75, 3.05) is 39.8 Å². The van der Waals surface area contributed by atoms with Gasteiger partial charge in [-0.05, 0) is 31.2 Å². The highest BCUT2D eigenvalue weighted by Crippen LogP contribution is 2.12. The number of carbonyl (C=O) groups is 2. The predicted molar refractivity (Wildman–Crippen MR) is 103 cm³/mol. The fourth-order valence-electron chi connectivity index (χ4n) is 3.32. The standard InChI is InChI=1S/C20H26N4O4/c1-22(15-20(26)27)13-18-14-23(9-10-28-18)19(25)8-7-16-11-21-24(12-16)17-5-3-2-4-6-17/h2-6,11-12,18H,7-10,13-15H2,1H3,(H,26,27). The molecule has 0 aliphatic carbocycles. The highest BCUT2D eigenvalue weighted by atomic mass is 16.5. The van der Waals surface area contributed by atoms with Crippen LogP contribution in [0.25, 0.3) is 5.69 Å². The van der Waals surface area contributed by atoms with Crippen molar-refractivity contribution >= 4 is 11.9 Å². The summed E-state index contributed by atoms with van der Waals surface area (Å²) in [5.74, 6) is -0.788. The number of rotatable bonds is 8. The number of nitrogens with zero attached hydrogens (tertiary/aromatic N) is 4. The van der Waals surface area contributed by atoms with Crippen LogP contribution in [0.2, 0.25) is 0 Å². The smallest absolute Gasteiger partial charge is 0.317 e. The Balaban J connectivity index is 1.48. The zero-order valence-corrected chi connectivity index (χ0v) is 16.0. The summed E-state index contributed by atoms with van der Waals surface area (Å²) >= 11 is 0. The number of carboxylic acids is 1. The van der Waals surface area contributed by atoms with Gasteiger partial charge >= 0.3 is 5.97 Å². The van der Waals surface area contributed by atoms with Gasteiger partial charge in [-0.1, -0.05) is 18.2 Å². The number of aliphatic carboxylic acids is 1. The number of morpholine rings is 1. The lowest BCUT2D eigenvalue weighted by molar-refractivity contribution is -0.142. The first-order valence-electron chi connectivity index (χ1n) is 9.40. The summed E-state index contributed by atoms with van der Waals surface area (Å²) in [7, 11) is 1.74. The summed E-state index contributed by atoms with van der Waals surface area (Å²) in [5.41, 5.74) is 2.00. The Morgan fingerprint density at radius 2 is 2.11 bits per heavy atom. The minimum Gasteiger partial charge on any atom is -0.480 e. The molecule has 1 aliphatic rings. The molecule has 3 rings (SSSR count). The van der Waals surface area contributed by atoms with Crippen LogP contribution in [0.5, 0.6) is 0 Å². The Morgan fingerprint density at radius 3 is 2.86 bits per heavy atom.